The van der Waals surface area contributed by atoms with Crippen LogP contribution in [0.25, 0.3) is 17.1 Å². The highest BCUT2D eigenvalue weighted by atomic mass is 35.5. The van der Waals surface area contributed by atoms with Crippen LogP contribution in [0.15, 0.2) is 41.6 Å². The summed E-state index contributed by atoms with van der Waals surface area (Å²) >= 11 is 13.8. The molecule has 0 radical (unpaired) electrons. The topological polar surface area (TPSA) is 58.4 Å². The zero-order valence-corrected chi connectivity index (χ0v) is 19.4. The van der Waals surface area contributed by atoms with E-state index in [-0.39, 0.29) is 5.92 Å². The predicted molar refractivity (Wildman–Crippen MR) is 120 cm³/mol. The Morgan fingerprint density at radius 2 is 1.74 bits per heavy atom. The van der Waals surface area contributed by atoms with Crippen LogP contribution in [0.4, 0.5) is 4.39 Å². The molecule has 0 N–H and O–H groups in total. The van der Waals surface area contributed by atoms with Crippen LogP contribution < -0.4 is 14.2 Å². The Labute approximate surface area is 193 Å². The first-order chi connectivity index (χ1) is 14.9. The number of aromatic nitrogens is 3. The maximum Gasteiger partial charge on any atom is 0.203 e. The smallest absolute Gasteiger partial charge is 0.203 e. The Hall–Kier alpha value is -2.16. The van der Waals surface area contributed by atoms with Gasteiger partial charge in [0.05, 0.1) is 27.0 Å². The Balaban J connectivity index is 1.82. The maximum atomic E-state index is 14.8. The summed E-state index contributed by atoms with van der Waals surface area (Å²) in [7, 11) is 4.59. The fourth-order valence-corrected chi connectivity index (χ4v) is 5.11. The molecule has 1 aliphatic rings. The van der Waals surface area contributed by atoms with Crippen molar-refractivity contribution in [3.63, 3.8) is 0 Å². The normalized spacial score (nSPS) is 16.8. The van der Waals surface area contributed by atoms with E-state index in [1.165, 1.54) is 39.2 Å². The monoisotopic (exact) mass is 483 g/mol. The quantitative estimate of drug-likeness (QED) is 0.316. The van der Waals surface area contributed by atoms with Crippen molar-refractivity contribution in [3.05, 3.63) is 42.2 Å². The van der Waals surface area contributed by atoms with E-state index in [2.05, 4.69) is 10.2 Å². The number of hydrogen-bond acceptors (Lipinski definition) is 6. The van der Waals surface area contributed by atoms with Crippen molar-refractivity contribution < 1.29 is 18.6 Å². The highest BCUT2D eigenvalue weighted by molar-refractivity contribution is 7.99. The lowest BCUT2D eigenvalue weighted by molar-refractivity contribution is 0.324. The zero-order valence-electron chi connectivity index (χ0n) is 17.1. The summed E-state index contributed by atoms with van der Waals surface area (Å²) in [6, 6.07) is 9.96. The Morgan fingerprint density at radius 3 is 2.29 bits per heavy atom. The second kappa shape index (κ2) is 8.76. The molecule has 2 aromatic carbocycles. The number of para-hydroxylation sites is 1. The van der Waals surface area contributed by atoms with Gasteiger partial charge in [-0.1, -0.05) is 23.9 Å². The molecule has 0 saturated heterocycles. The summed E-state index contributed by atoms with van der Waals surface area (Å²) in [5.41, 5.74) is 0.963. The van der Waals surface area contributed by atoms with Crippen molar-refractivity contribution in [1.29, 1.82) is 0 Å². The first-order valence-corrected chi connectivity index (χ1v) is 11.1. The first-order valence-electron chi connectivity index (χ1n) is 9.41. The van der Waals surface area contributed by atoms with Crippen LogP contribution in [0.5, 0.6) is 17.2 Å². The second-order valence-corrected chi connectivity index (χ2v) is 9.51. The minimum atomic E-state index is -0.699. The number of thioether (sulfide) groups is 1. The van der Waals surface area contributed by atoms with Gasteiger partial charge in [0.1, 0.15) is 10.2 Å². The van der Waals surface area contributed by atoms with Crippen molar-refractivity contribution in [1.82, 2.24) is 14.8 Å². The van der Waals surface area contributed by atoms with Gasteiger partial charge in [-0.2, -0.15) is 0 Å². The Morgan fingerprint density at radius 1 is 1.10 bits per heavy atom. The highest BCUT2D eigenvalue weighted by Crippen LogP contribution is 2.55. The fourth-order valence-electron chi connectivity index (χ4n) is 3.24. The summed E-state index contributed by atoms with van der Waals surface area (Å²) in [4.78, 5) is 0. The molecule has 10 heteroatoms. The molecule has 1 heterocycles. The lowest BCUT2D eigenvalue weighted by atomic mass is 10.1. The molecule has 4 rings (SSSR count). The van der Waals surface area contributed by atoms with Crippen LogP contribution in [-0.2, 0) is 0 Å². The molecule has 1 aromatic heterocycles. The summed E-state index contributed by atoms with van der Waals surface area (Å²) < 4.78 is 32.1. The largest absolute Gasteiger partial charge is 0.493 e. The molecular formula is C21H20Cl2FN3O3S. The van der Waals surface area contributed by atoms with Gasteiger partial charge in [-0.3, -0.25) is 4.57 Å². The van der Waals surface area contributed by atoms with Crippen molar-refractivity contribution in [2.75, 3.05) is 27.1 Å². The molecule has 0 aliphatic heterocycles. The molecule has 3 aromatic rings. The molecule has 1 unspecified atom stereocenters. The summed E-state index contributed by atoms with van der Waals surface area (Å²) in [6.45, 7) is 0. The molecule has 1 fully saturated rings. The molecule has 1 saturated carbocycles. The van der Waals surface area contributed by atoms with E-state index in [9.17, 15) is 4.39 Å². The molecule has 164 valence electrons. The Kier molecular flexibility index (Phi) is 6.23. The van der Waals surface area contributed by atoms with Gasteiger partial charge in [0.25, 0.3) is 0 Å². The number of alkyl halides is 2. The van der Waals surface area contributed by atoms with E-state index in [0.717, 1.165) is 6.42 Å². The minimum Gasteiger partial charge on any atom is -0.493 e. The van der Waals surface area contributed by atoms with Crippen molar-refractivity contribution in [2.45, 2.75) is 15.9 Å². The maximum absolute atomic E-state index is 14.8. The van der Waals surface area contributed by atoms with Crippen LogP contribution in [0, 0.1) is 11.7 Å². The molecule has 6 nitrogen and oxygen atoms in total. The summed E-state index contributed by atoms with van der Waals surface area (Å²) in [5, 5.41) is 9.21. The third-order valence-electron chi connectivity index (χ3n) is 5.02. The van der Waals surface area contributed by atoms with E-state index in [4.69, 9.17) is 37.4 Å². The van der Waals surface area contributed by atoms with E-state index in [1.807, 2.05) is 0 Å². The molecular weight excluding hydrogens is 464 g/mol. The second-order valence-electron chi connectivity index (χ2n) is 6.98. The first kappa shape index (κ1) is 22.0. The van der Waals surface area contributed by atoms with Crippen molar-refractivity contribution in [3.8, 4) is 34.3 Å². The number of nitrogens with zero attached hydrogens (tertiary/aromatic N) is 3. The van der Waals surface area contributed by atoms with Gasteiger partial charge in [0, 0.05) is 17.2 Å². The number of halogens is 3. The number of benzene rings is 2. The van der Waals surface area contributed by atoms with Gasteiger partial charge in [-0.15, -0.1) is 33.4 Å². The van der Waals surface area contributed by atoms with Crippen molar-refractivity contribution >= 4 is 35.0 Å². The van der Waals surface area contributed by atoms with E-state index < -0.39 is 10.2 Å². The van der Waals surface area contributed by atoms with Crippen LogP contribution in [0.3, 0.4) is 0 Å². The molecule has 0 bridgehead atoms. The van der Waals surface area contributed by atoms with Gasteiger partial charge in [0.15, 0.2) is 22.5 Å². The third kappa shape index (κ3) is 4.29. The molecule has 0 spiro atoms. The number of methoxy groups -OCH3 is 3. The molecule has 1 aliphatic carbocycles. The van der Waals surface area contributed by atoms with Gasteiger partial charge in [-0.25, -0.2) is 4.39 Å². The molecule has 0 amide bonds. The van der Waals surface area contributed by atoms with Gasteiger partial charge < -0.3 is 14.2 Å². The predicted octanol–water partition coefficient (Wildman–Crippen LogP) is 5.39. The molecule has 1 atom stereocenters. The number of ether oxygens (including phenoxy) is 3. The van der Waals surface area contributed by atoms with Crippen LogP contribution >= 0.6 is 35.0 Å². The Bertz CT molecular complexity index is 1080. The van der Waals surface area contributed by atoms with Gasteiger partial charge >= 0.3 is 0 Å². The number of hydrogen-bond donors (Lipinski definition) is 0. The average Bonchev–Trinajstić information content (AvgIpc) is 3.18. The number of rotatable bonds is 8. The van der Waals surface area contributed by atoms with E-state index >= 15 is 0 Å². The summed E-state index contributed by atoms with van der Waals surface area (Å²) in [6.07, 6.45) is 0.719. The average molecular weight is 484 g/mol. The van der Waals surface area contributed by atoms with Gasteiger partial charge in [-0.05, 0) is 30.7 Å². The zero-order chi connectivity index (χ0) is 22.2. The highest BCUT2D eigenvalue weighted by Gasteiger charge is 2.51. The van der Waals surface area contributed by atoms with Crippen molar-refractivity contribution in [2.24, 2.45) is 5.92 Å². The standard InChI is InChI=1S/C21H20Cl2FN3O3S/c1-28-16-8-12(9-17(29-2)18(16)30-3)19-25-26-20(31-11-13-10-21(13,22)23)27(19)15-7-5-4-6-14(15)24/h4-9,13H,10-11H2,1-3H3. The van der Waals surface area contributed by atoms with E-state index in [1.54, 1.807) is 34.9 Å². The lowest BCUT2D eigenvalue weighted by Gasteiger charge is -2.15. The lowest BCUT2D eigenvalue weighted by Crippen LogP contribution is -2.04. The SMILES string of the molecule is COc1cc(-c2nnc(SCC3CC3(Cl)Cl)n2-c2ccccc2F)cc(OC)c1OC. The van der Waals surface area contributed by atoms with E-state index in [0.29, 0.717) is 45.2 Å². The minimum absolute atomic E-state index is 0.149. The van der Waals surface area contributed by atoms with Crippen LogP contribution in [-0.4, -0.2) is 46.2 Å². The van der Waals surface area contributed by atoms with Crippen LogP contribution in [0.1, 0.15) is 6.42 Å². The summed E-state index contributed by atoms with van der Waals surface area (Å²) in [5.74, 6) is 2.21. The third-order valence-corrected chi connectivity index (χ3v) is 7.04. The van der Waals surface area contributed by atoms with Gasteiger partial charge in [0.2, 0.25) is 5.75 Å². The molecule has 31 heavy (non-hydrogen) atoms. The fraction of sp³-hybridized carbons (Fsp3) is 0.333. The van der Waals surface area contributed by atoms with Crippen LogP contribution in [0.2, 0.25) is 0 Å².